The van der Waals surface area contributed by atoms with Gasteiger partial charge in [-0.15, -0.1) is 11.3 Å². The van der Waals surface area contributed by atoms with Gasteiger partial charge in [0.05, 0.1) is 46.7 Å². The van der Waals surface area contributed by atoms with E-state index < -0.39 is 29.5 Å². The van der Waals surface area contributed by atoms with E-state index in [9.17, 15) is 24.6 Å². The zero-order valence-corrected chi connectivity index (χ0v) is 33.8. The van der Waals surface area contributed by atoms with Crippen molar-refractivity contribution in [3.05, 3.63) is 102 Å². The highest BCUT2D eigenvalue weighted by molar-refractivity contribution is 7.13. The zero-order chi connectivity index (χ0) is 40.7. The molecule has 3 heterocycles. The average molecular weight is 791 g/mol. The third kappa shape index (κ3) is 10.2. The van der Waals surface area contributed by atoms with Crippen molar-refractivity contribution in [1.29, 1.82) is 0 Å². The molecular formula is C44H50N6O6S. The number of phenols is 1. The number of carbonyl (C=O) groups excluding carboxylic acids is 3. The topological polar surface area (TPSA) is 167 Å². The number of likely N-dealkylation sites (tertiary alicyclic amines) is 1. The number of amides is 3. The monoisotopic (exact) mass is 790 g/mol. The first-order valence-corrected chi connectivity index (χ1v) is 20.1. The van der Waals surface area contributed by atoms with E-state index in [1.54, 1.807) is 35.7 Å². The van der Waals surface area contributed by atoms with Gasteiger partial charge in [0.15, 0.2) is 0 Å². The van der Waals surface area contributed by atoms with Crippen LogP contribution in [0.15, 0.2) is 90.6 Å². The number of hydrogen-bond acceptors (Lipinski definition) is 10. The lowest BCUT2D eigenvalue weighted by Crippen LogP contribution is -2.57. The number of aromatic nitrogens is 3. The number of aliphatic hydroxyl groups is 1. The standard InChI is InChI=1S/C44H50N6O6S/c1-27(29-13-15-31(16-14-29)40-28(2)45-26-57-40)47-42(54)37-23-33(51)25-50(37)43(55)41(44(3,4)5)48-39(53)12-8-9-21-56-34-19-17-30(18-20-34)32-22-36(49-46-24-32)35-10-6-7-11-38(35)52/h6-7,10-11,13-20,22,24,26-27,33,37,41,51-52H,8-9,12,21,23,25H2,1-5H3,(H,47,54)(H,48,53)/t27-,33+,37-,41+/m0/s1. The van der Waals surface area contributed by atoms with E-state index in [0.717, 1.165) is 32.8 Å². The molecule has 13 heteroatoms. The number of benzene rings is 3. The first-order valence-electron chi connectivity index (χ1n) is 19.2. The van der Waals surface area contributed by atoms with Gasteiger partial charge in [0.25, 0.3) is 0 Å². The molecular weight excluding hydrogens is 741 g/mol. The molecule has 6 rings (SSSR count). The Morgan fingerprint density at radius 1 is 0.965 bits per heavy atom. The van der Waals surface area contributed by atoms with Gasteiger partial charge in [-0.2, -0.15) is 10.2 Å². The Hall–Kier alpha value is -5.66. The predicted octanol–water partition coefficient (Wildman–Crippen LogP) is 6.87. The minimum atomic E-state index is -0.898. The number of carbonyl (C=O) groups is 3. The number of unbranched alkanes of at least 4 members (excludes halogenated alkanes) is 1. The van der Waals surface area contributed by atoms with Crippen LogP contribution in [0, 0.1) is 12.3 Å². The van der Waals surface area contributed by atoms with Gasteiger partial charge in [-0.25, -0.2) is 4.98 Å². The molecule has 298 valence electrons. The fourth-order valence-electron chi connectivity index (χ4n) is 6.92. The van der Waals surface area contributed by atoms with E-state index >= 15 is 0 Å². The largest absolute Gasteiger partial charge is 0.507 e. The first kappa shape index (κ1) is 41.0. The van der Waals surface area contributed by atoms with Crippen LogP contribution in [-0.4, -0.2) is 79.4 Å². The summed E-state index contributed by atoms with van der Waals surface area (Å²) < 4.78 is 5.94. The van der Waals surface area contributed by atoms with Gasteiger partial charge >= 0.3 is 0 Å². The maximum absolute atomic E-state index is 14.0. The second kappa shape index (κ2) is 18.1. The van der Waals surface area contributed by atoms with Crippen LogP contribution >= 0.6 is 11.3 Å². The lowest BCUT2D eigenvalue weighted by atomic mass is 9.85. The summed E-state index contributed by atoms with van der Waals surface area (Å²) in [6.07, 6.45) is 2.28. The molecule has 2 aromatic heterocycles. The number of rotatable bonds is 14. The van der Waals surface area contributed by atoms with Crippen LogP contribution in [0.3, 0.4) is 0 Å². The molecule has 0 radical (unpaired) electrons. The van der Waals surface area contributed by atoms with E-state index in [2.05, 4.69) is 25.8 Å². The Labute approximate surface area is 337 Å². The van der Waals surface area contributed by atoms with Crippen molar-refractivity contribution >= 4 is 29.1 Å². The normalized spacial score (nSPS) is 16.5. The SMILES string of the molecule is Cc1ncsc1-c1ccc([C@H](C)NC(=O)[C@@H]2C[C@@H](O)CN2C(=O)[C@@H](NC(=O)CCCCOc2ccc(-c3cnnc(-c4ccccc4O)c3)cc2)C(C)(C)C)cc1. The van der Waals surface area contributed by atoms with Gasteiger partial charge in [-0.05, 0) is 79.1 Å². The van der Waals surface area contributed by atoms with Crippen LogP contribution < -0.4 is 15.4 Å². The van der Waals surface area contributed by atoms with Crippen LogP contribution in [0.2, 0.25) is 0 Å². The van der Waals surface area contributed by atoms with Crippen LogP contribution in [0.4, 0.5) is 0 Å². The summed E-state index contributed by atoms with van der Waals surface area (Å²) in [4.78, 5) is 47.7. The third-order valence-corrected chi connectivity index (χ3v) is 11.1. The maximum atomic E-state index is 14.0. The second-order valence-corrected chi connectivity index (χ2v) is 16.4. The van der Waals surface area contributed by atoms with E-state index in [-0.39, 0.29) is 43.0 Å². The molecule has 3 aromatic carbocycles. The van der Waals surface area contributed by atoms with E-state index in [4.69, 9.17) is 4.74 Å². The number of aliphatic hydroxyl groups excluding tert-OH is 1. The molecule has 1 aliphatic heterocycles. The van der Waals surface area contributed by atoms with Crippen molar-refractivity contribution in [2.24, 2.45) is 5.41 Å². The van der Waals surface area contributed by atoms with Gasteiger partial charge in [-0.1, -0.05) is 69.3 Å². The number of aromatic hydroxyl groups is 1. The summed E-state index contributed by atoms with van der Waals surface area (Å²) >= 11 is 1.58. The zero-order valence-electron chi connectivity index (χ0n) is 32.9. The number of ether oxygens (including phenoxy) is 1. The third-order valence-electron chi connectivity index (χ3n) is 10.1. The van der Waals surface area contributed by atoms with Gasteiger partial charge in [0.1, 0.15) is 23.6 Å². The van der Waals surface area contributed by atoms with E-state index in [1.807, 2.05) is 101 Å². The second-order valence-electron chi connectivity index (χ2n) is 15.6. The van der Waals surface area contributed by atoms with Crippen molar-refractivity contribution in [2.75, 3.05) is 13.2 Å². The molecule has 4 N–H and O–H groups in total. The Balaban J connectivity index is 0.979. The van der Waals surface area contributed by atoms with Crippen LogP contribution in [0.5, 0.6) is 11.5 Å². The molecule has 12 nitrogen and oxygen atoms in total. The molecule has 0 unspecified atom stereocenters. The minimum Gasteiger partial charge on any atom is -0.507 e. The Morgan fingerprint density at radius 2 is 1.68 bits per heavy atom. The van der Waals surface area contributed by atoms with Crippen molar-refractivity contribution in [3.8, 4) is 44.3 Å². The smallest absolute Gasteiger partial charge is 0.246 e. The molecule has 1 saturated heterocycles. The van der Waals surface area contributed by atoms with Gasteiger partial charge in [0.2, 0.25) is 17.7 Å². The summed E-state index contributed by atoms with van der Waals surface area (Å²) in [5, 5.41) is 35.1. The van der Waals surface area contributed by atoms with Gasteiger partial charge in [0, 0.05) is 30.5 Å². The van der Waals surface area contributed by atoms with E-state index in [1.165, 1.54) is 4.90 Å². The fraction of sp³-hybridized carbons (Fsp3) is 0.364. The minimum absolute atomic E-state index is 0.00763. The molecule has 1 aliphatic rings. The first-order chi connectivity index (χ1) is 27.3. The van der Waals surface area contributed by atoms with Crippen molar-refractivity contribution in [1.82, 2.24) is 30.7 Å². The number of para-hydroxylation sites is 1. The molecule has 0 aliphatic carbocycles. The Kier molecular flexibility index (Phi) is 13.0. The number of nitrogens with one attached hydrogen (secondary N) is 2. The molecule has 0 bridgehead atoms. The highest BCUT2D eigenvalue weighted by atomic mass is 32.1. The highest BCUT2D eigenvalue weighted by Gasteiger charge is 2.44. The van der Waals surface area contributed by atoms with Gasteiger partial charge < -0.3 is 30.5 Å². The lowest BCUT2D eigenvalue weighted by Gasteiger charge is -2.35. The number of nitrogens with zero attached hydrogens (tertiary/aromatic N) is 4. The molecule has 57 heavy (non-hydrogen) atoms. The molecule has 5 aromatic rings. The van der Waals surface area contributed by atoms with Crippen LogP contribution in [0.1, 0.15) is 70.7 Å². The summed E-state index contributed by atoms with van der Waals surface area (Å²) in [5.41, 5.74) is 7.04. The van der Waals surface area contributed by atoms with E-state index in [0.29, 0.717) is 36.5 Å². The number of β-amino-alcohol motifs (C(OH)–C–C–N with tert-alkyl or cyclic N) is 1. The summed E-state index contributed by atoms with van der Waals surface area (Å²) in [7, 11) is 0. The lowest BCUT2D eigenvalue weighted by molar-refractivity contribution is -0.144. The average Bonchev–Trinajstić information content (AvgIpc) is 3.81. The molecule has 0 saturated carbocycles. The number of aryl methyl sites for hydroxylation is 1. The highest BCUT2D eigenvalue weighted by Crippen LogP contribution is 2.32. The fourth-order valence-corrected chi connectivity index (χ4v) is 7.73. The molecule has 0 spiro atoms. The van der Waals surface area contributed by atoms with Crippen molar-refractivity contribution in [2.45, 2.75) is 84.5 Å². The molecule has 1 fully saturated rings. The molecule has 3 amide bonds. The Bertz CT molecular complexity index is 2170. The number of hydrogen-bond donors (Lipinski definition) is 4. The summed E-state index contributed by atoms with van der Waals surface area (Å²) in [6.45, 7) is 9.88. The summed E-state index contributed by atoms with van der Waals surface area (Å²) in [6, 6.07) is 22.3. The van der Waals surface area contributed by atoms with Crippen molar-refractivity contribution in [3.63, 3.8) is 0 Å². The Morgan fingerprint density at radius 3 is 2.37 bits per heavy atom. The number of phenolic OH excluding ortho intramolecular Hbond substituents is 1. The van der Waals surface area contributed by atoms with Gasteiger partial charge in [-0.3, -0.25) is 14.4 Å². The quantitative estimate of drug-likeness (QED) is 0.0879. The molecule has 4 atom stereocenters. The number of thiazole rings is 1. The van der Waals surface area contributed by atoms with Crippen LogP contribution in [0.25, 0.3) is 32.8 Å². The van der Waals surface area contributed by atoms with Crippen molar-refractivity contribution < 1.29 is 29.3 Å². The summed E-state index contributed by atoms with van der Waals surface area (Å²) in [5.74, 6) is -0.194. The predicted molar refractivity (Wildman–Crippen MR) is 220 cm³/mol. The maximum Gasteiger partial charge on any atom is 0.246 e. The van der Waals surface area contributed by atoms with Crippen LogP contribution in [-0.2, 0) is 14.4 Å².